The Labute approximate surface area is 87.0 Å². The molecule has 0 rings (SSSR count). The van der Waals surface area contributed by atoms with Crippen LogP contribution < -0.4 is 0 Å². The standard InChI is InChI=1S/C12H22O2/c1-5-10(4)7-12(14)8-11(13)6-9(2)3/h8-10,14H,5-7H2,1-4H3. The van der Waals surface area contributed by atoms with Gasteiger partial charge in [0.15, 0.2) is 5.78 Å². The van der Waals surface area contributed by atoms with Crippen molar-refractivity contribution in [3.63, 3.8) is 0 Å². The third-order valence-electron chi connectivity index (χ3n) is 2.19. The Balaban J connectivity index is 4.02. The Morgan fingerprint density at radius 3 is 2.29 bits per heavy atom. The molecule has 14 heavy (non-hydrogen) atoms. The molecule has 1 atom stereocenters. The SMILES string of the molecule is CCC(C)CC(O)=CC(=O)CC(C)C. The number of ketones is 1. The summed E-state index contributed by atoms with van der Waals surface area (Å²) in [6, 6.07) is 0. The molecule has 82 valence electrons. The Hall–Kier alpha value is -0.790. The molecule has 0 amide bonds. The fourth-order valence-corrected chi connectivity index (χ4v) is 1.21. The van der Waals surface area contributed by atoms with Gasteiger partial charge in [-0.05, 0) is 11.8 Å². The summed E-state index contributed by atoms with van der Waals surface area (Å²) in [5.74, 6) is 1.05. The van der Waals surface area contributed by atoms with Crippen molar-refractivity contribution in [3.05, 3.63) is 11.8 Å². The molecule has 0 saturated heterocycles. The second-order valence-corrected chi connectivity index (χ2v) is 4.42. The molecule has 0 spiro atoms. The van der Waals surface area contributed by atoms with E-state index in [2.05, 4.69) is 13.8 Å². The van der Waals surface area contributed by atoms with Crippen LogP contribution in [0, 0.1) is 11.8 Å². The Morgan fingerprint density at radius 1 is 1.29 bits per heavy atom. The van der Waals surface area contributed by atoms with E-state index < -0.39 is 0 Å². The smallest absolute Gasteiger partial charge is 0.159 e. The van der Waals surface area contributed by atoms with E-state index in [-0.39, 0.29) is 11.5 Å². The van der Waals surface area contributed by atoms with Gasteiger partial charge in [0.1, 0.15) is 0 Å². The molecule has 0 bridgehead atoms. The monoisotopic (exact) mass is 198 g/mol. The maximum Gasteiger partial charge on any atom is 0.159 e. The predicted octanol–water partition coefficient (Wildman–Crippen LogP) is 3.48. The lowest BCUT2D eigenvalue weighted by molar-refractivity contribution is -0.115. The maximum atomic E-state index is 11.3. The highest BCUT2D eigenvalue weighted by Gasteiger charge is 2.06. The average molecular weight is 198 g/mol. The molecule has 0 aliphatic rings. The van der Waals surface area contributed by atoms with Gasteiger partial charge in [-0.1, -0.05) is 34.1 Å². The van der Waals surface area contributed by atoms with E-state index in [1.54, 1.807) is 0 Å². The van der Waals surface area contributed by atoms with Crippen LogP contribution in [0.25, 0.3) is 0 Å². The zero-order valence-corrected chi connectivity index (χ0v) is 9.71. The summed E-state index contributed by atoms with van der Waals surface area (Å²) >= 11 is 0. The van der Waals surface area contributed by atoms with Crippen molar-refractivity contribution in [1.82, 2.24) is 0 Å². The quantitative estimate of drug-likeness (QED) is 0.524. The van der Waals surface area contributed by atoms with Crippen molar-refractivity contribution in [1.29, 1.82) is 0 Å². The van der Waals surface area contributed by atoms with Gasteiger partial charge in [0, 0.05) is 18.9 Å². The number of rotatable bonds is 6. The van der Waals surface area contributed by atoms with Crippen LogP contribution in [-0.2, 0) is 4.79 Å². The lowest BCUT2D eigenvalue weighted by Gasteiger charge is -2.07. The molecule has 0 heterocycles. The molecule has 0 saturated carbocycles. The topological polar surface area (TPSA) is 37.3 Å². The minimum atomic E-state index is 0.0285. The van der Waals surface area contributed by atoms with Crippen molar-refractivity contribution in [2.75, 3.05) is 0 Å². The van der Waals surface area contributed by atoms with E-state index >= 15 is 0 Å². The number of allylic oxidation sites excluding steroid dienone is 2. The van der Waals surface area contributed by atoms with Crippen molar-refractivity contribution in [2.45, 2.75) is 47.0 Å². The molecule has 1 unspecified atom stereocenters. The zero-order chi connectivity index (χ0) is 11.1. The highest BCUT2D eigenvalue weighted by Crippen LogP contribution is 2.13. The summed E-state index contributed by atoms with van der Waals surface area (Å²) in [5, 5.41) is 9.47. The minimum Gasteiger partial charge on any atom is -0.512 e. The van der Waals surface area contributed by atoms with Crippen molar-refractivity contribution >= 4 is 5.78 Å². The van der Waals surface area contributed by atoms with Crippen LogP contribution in [0.1, 0.15) is 47.0 Å². The van der Waals surface area contributed by atoms with Crippen LogP contribution in [0.4, 0.5) is 0 Å². The highest BCUT2D eigenvalue weighted by molar-refractivity contribution is 5.90. The maximum absolute atomic E-state index is 11.3. The fraction of sp³-hybridized carbons (Fsp3) is 0.750. The van der Waals surface area contributed by atoms with Gasteiger partial charge in [-0.25, -0.2) is 0 Å². The van der Waals surface area contributed by atoms with Crippen molar-refractivity contribution in [3.8, 4) is 0 Å². The summed E-state index contributed by atoms with van der Waals surface area (Å²) in [6.07, 6.45) is 3.54. The molecule has 0 aromatic carbocycles. The largest absolute Gasteiger partial charge is 0.512 e. The molecule has 2 heteroatoms. The first-order valence-electron chi connectivity index (χ1n) is 5.38. The molecule has 0 fully saturated rings. The molecule has 0 radical (unpaired) electrons. The summed E-state index contributed by atoms with van der Waals surface area (Å²) in [5.41, 5.74) is 0. The number of aliphatic hydroxyl groups excluding tert-OH is 1. The van der Waals surface area contributed by atoms with E-state index in [4.69, 9.17) is 0 Å². The molecule has 0 aliphatic heterocycles. The lowest BCUT2D eigenvalue weighted by Crippen LogP contribution is -2.02. The predicted molar refractivity (Wildman–Crippen MR) is 59.2 cm³/mol. The molecule has 2 nitrogen and oxygen atoms in total. The molecule has 1 N–H and O–H groups in total. The highest BCUT2D eigenvalue weighted by atomic mass is 16.3. The zero-order valence-electron chi connectivity index (χ0n) is 9.71. The first-order chi connectivity index (χ1) is 6.45. The van der Waals surface area contributed by atoms with Gasteiger partial charge >= 0.3 is 0 Å². The van der Waals surface area contributed by atoms with Crippen LogP contribution >= 0.6 is 0 Å². The summed E-state index contributed by atoms with van der Waals surface area (Å²) in [4.78, 5) is 11.3. The van der Waals surface area contributed by atoms with Gasteiger partial charge in [-0.3, -0.25) is 4.79 Å². The van der Waals surface area contributed by atoms with Crippen LogP contribution in [0.2, 0.25) is 0 Å². The van der Waals surface area contributed by atoms with Crippen LogP contribution in [0.3, 0.4) is 0 Å². The van der Waals surface area contributed by atoms with E-state index in [0.29, 0.717) is 24.7 Å². The van der Waals surface area contributed by atoms with Gasteiger partial charge in [0.05, 0.1) is 5.76 Å². The normalized spacial score (nSPS) is 14.5. The lowest BCUT2D eigenvalue weighted by atomic mass is 10.0. The minimum absolute atomic E-state index is 0.0285. The van der Waals surface area contributed by atoms with Gasteiger partial charge in [0.2, 0.25) is 0 Å². The Kier molecular flexibility index (Phi) is 6.26. The van der Waals surface area contributed by atoms with E-state index in [9.17, 15) is 9.90 Å². The molecular formula is C12H22O2. The number of hydrogen-bond donors (Lipinski definition) is 1. The van der Waals surface area contributed by atoms with Crippen LogP contribution in [-0.4, -0.2) is 10.9 Å². The van der Waals surface area contributed by atoms with E-state index in [1.165, 1.54) is 6.08 Å². The Morgan fingerprint density at radius 2 is 1.86 bits per heavy atom. The van der Waals surface area contributed by atoms with Crippen molar-refractivity contribution in [2.24, 2.45) is 11.8 Å². The molecule has 0 aromatic heterocycles. The third kappa shape index (κ3) is 6.70. The fourth-order valence-electron chi connectivity index (χ4n) is 1.21. The van der Waals surface area contributed by atoms with Gasteiger partial charge in [-0.15, -0.1) is 0 Å². The van der Waals surface area contributed by atoms with Gasteiger partial charge in [-0.2, -0.15) is 0 Å². The summed E-state index contributed by atoms with van der Waals surface area (Å²) in [6.45, 7) is 8.14. The first-order valence-corrected chi connectivity index (χ1v) is 5.38. The first kappa shape index (κ1) is 13.2. The van der Waals surface area contributed by atoms with Gasteiger partial charge in [0.25, 0.3) is 0 Å². The molecule has 0 aliphatic carbocycles. The number of carbonyl (C=O) groups is 1. The second kappa shape index (κ2) is 6.63. The van der Waals surface area contributed by atoms with E-state index in [1.807, 2.05) is 13.8 Å². The van der Waals surface area contributed by atoms with E-state index in [0.717, 1.165) is 6.42 Å². The van der Waals surface area contributed by atoms with Crippen molar-refractivity contribution < 1.29 is 9.90 Å². The van der Waals surface area contributed by atoms with Crippen LogP contribution in [0.15, 0.2) is 11.8 Å². The summed E-state index contributed by atoms with van der Waals surface area (Å²) in [7, 11) is 0. The molecule has 0 aromatic rings. The van der Waals surface area contributed by atoms with Crippen LogP contribution in [0.5, 0.6) is 0 Å². The number of hydrogen-bond acceptors (Lipinski definition) is 2. The second-order valence-electron chi connectivity index (χ2n) is 4.42. The summed E-state index contributed by atoms with van der Waals surface area (Å²) < 4.78 is 0. The Bertz CT molecular complexity index is 204. The third-order valence-corrected chi connectivity index (χ3v) is 2.19. The number of carbonyl (C=O) groups excluding carboxylic acids is 1. The number of aliphatic hydroxyl groups is 1. The van der Waals surface area contributed by atoms with Gasteiger partial charge < -0.3 is 5.11 Å². The average Bonchev–Trinajstić information content (AvgIpc) is 2.01. The molecular weight excluding hydrogens is 176 g/mol.